The van der Waals surface area contributed by atoms with Gasteiger partial charge in [-0.1, -0.05) is 12.1 Å². The van der Waals surface area contributed by atoms with Gasteiger partial charge in [-0.25, -0.2) is 8.42 Å². The number of rotatable bonds is 4. The highest BCUT2D eigenvalue weighted by molar-refractivity contribution is 7.88. The van der Waals surface area contributed by atoms with Crippen LogP contribution in [0.3, 0.4) is 0 Å². The Labute approximate surface area is 113 Å². The molecule has 1 aliphatic rings. The van der Waals surface area contributed by atoms with E-state index in [0.717, 1.165) is 11.4 Å². The molecule has 2 rings (SSSR count). The lowest BCUT2D eigenvalue weighted by atomic mass is 10.2. The Bertz CT molecular complexity index is 551. The van der Waals surface area contributed by atoms with Gasteiger partial charge in [-0.2, -0.15) is 4.31 Å². The number of benzene rings is 1. The van der Waals surface area contributed by atoms with E-state index in [9.17, 15) is 13.2 Å². The molecular weight excluding hydrogens is 266 g/mol. The van der Waals surface area contributed by atoms with Crippen molar-refractivity contribution in [1.29, 1.82) is 0 Å². The van der Waals surface area contributed by atoms with Crippen LogP contribution in [-0.4, -0.2) is 51.6 Å². The van der Waals surface area contributed by atoms with Gasteiger partial charge in [0, 0.05) is 26.2 Å². The minimum atomic E-state index is -3.12. The number of anilines is 2. The number of carbonyl (C=O) groups is 1. The van der Waals surface area contributed by atoms with E-state index in [4.69, 9.17) is 0 Å². The summed E-state index contributed by atoms with van der Waals surface area (Å²) in [5, 5.41) is 2.66. The maximum absolute atomic E-state index is 11.4. The molecule has 1 heterocycles. The summed E-state index contributed by atoms with van der Waals surface area (Å²) in [6.07, 6.45) is 1.87. The van der Waals surface area contributed by atoms with Gasteiger partial charge in [-0.05, 0) is 12.1 Å². The maximum atomic E-state index is 11.4. The summed E-state index contributed by atoms with van der Waals surface area (Å²) in [4.78, 5) is 12.7. The molecule has 6 nitrogen and oxygen atoms in total. The second-order valence-corrected chi connectivity index (χ2v) is 6.41. The predicted molar refractivity (Wildman–Crippen MR) is 74.8 cm³/mol. The van der Waals surface area contributed by atoms with Crippen molar-refractivity contribution in [2.45, 2.75) is 0 Å². The lowest BCUT2D eigenvalue weighted by Gasteiger charge is -2.35. The average molecular weight is 283 g/mol. The van der Waals surface area contributed by atoms with Gasteiger partial charge in [0.25, 0.3) is 0 Å². The van der Waals surface area contributed by atoms with Gasteiger partial charge in [0.1, 0.15) is 0 Å². The number of piperazine rings is 1. The zero-order valence-corrected chi connectivity index (χ0v) is 11.6. The number of nitrogens with one attached hydrogen (secondary N) is 1. The molecule has 0 unspecified atom stereocenters. The van der Waals surface area contributed by atoms with Crippen molar-refractivity contribution in [2.75, 3.05) is 42.7 Å². The van der Waals surface area contributed by atoms with Crippen LogP contribution in [-0.2, 0) is 14.8 Å². The van der Waals surface area contributed by atoms with Crippen LogP contribution in [0.4, 0.5) is 11.4 Å². The molecule has 1 amide bonds. The fourth-order valence-electron chi connectivity index (χ4n) is 2.20. The molecule has 104 valence electrons. The molecule has 1 saturated heterocycles. The Morgan fingerprint density at radius 1 is 1.16 bits per heavy atom. The monoisotopic (exact) mass is 283 g/mol. The summed E-state index contributed by atoms with van der Waals surface area (Å²) in [5.41, 5.74) is 1.66. The van der Waals surface area contributed by atoms with E-state index in [2.05, 4.69) is 10.2 Å². The highest BCUT2D eigenvalue weighted by Crippen LogP contribution is 2.26. The van der Waals surface area contributed by atoms with Crippen molar-refractivity contribution < 1.29 is 13.2 Å². The molecule has 0 bridgehead atoms. The first-order valence-corrected chi connectivity index (χ1v) is 7.86. The normalized spacial score (nSPS) is 17.2. The first-order valence-electron chi connectivity index (χ1n) is 6.01. The summed E-state index contributed by atoms with van der Waals surface area (Å²) in [5.74, 6) is 0. The average Bonchev–Trinajstić information content (AvgIpc) is 2.39. The lowest BCUT2D eigenvalue weighted by molar-refractivity contribution is -0.105. The molecule has 7 heteroatoms. The molecule has 19 heavy (non-hydrogen) atoms. The third-order valence-electron chi connectivity index (χ3n) is 3.17. The summed E-state index contributed by atoms with van der Waals surface area (Å²) in [7, 11) is -3.12. The maximum Gasteiger partial charge on any atom is 0.211 e. The molecule has 1 aliphatic heterocycles. The number of amides is 1. The Morgan fingerprint density at radius 2 is 1.79 bits per heavy atom. The van der Waals surface area contributed by atoms with E-state index in [1.807, 2.05) is 24.3 Å². The Kier molecular flexibility index (Phi) is 4.06. The third kappa shape index (κ3) is 3.24. The van der Waals surface area contributed by atoms with Crippen molar-refractivity contribution >= 4 is 27.8 Å². The van der Waals surface area contributed by atoms with Gasteiger partial charge in [-0.15, -0.1) is 0 Å². The molecule has 1 aromatic carbocycles. The van der Waals surface area contributed by atoms with Crippen LogP contribution in [0.1, 0.15) is 0 Å². The van der Waals surface area contributed by atoms with E-state index < -0.39 is 10.0 Å². The highest BCUT2D eigenvalue weighted by Gasteiger charge is 2.24. The first kappa shape index (κ1) is 13.8. The van der Waals surface area contributed by atoms with Crippen LogP contribution in [0.2, 0.25) is 0 Å². The first-order chi connectivity index (χ1) is 9.02. The summed E-state index contributed by atoms with van der Waals surface area (Å²) >= 11 is 0. The van der Waals surface area contributed by atoms with Crippen LogP contribution < -0.4 is 10.2 Å². The number of sulfonamides is 1. The fraction of sp³-hybridized carbons (Fsp3) is 0.417. The van der Waals surface area contributed by atoms with Gasteiger partial charge in [0.2, 0.25) is 16.4 Å². The van der Waals surface area contributed by atoms with Crippen molar-refractivity contribution in [2.24, 2.45) is 0 Å². The molecule has 0 atom stereocenters. The van der Waals surface area contributed by atoms with Gasteiger partial charge in [-0.3, -0.25) is 4.79 Å². The van der Waals surface area contributed by atoms with Crippen LogP contribution >= 0.6 is 0 Å². The number of carbonyl (C=O) groups excluding carboxylic acids is 1. The fourth-order valence-corrected chi connectivity index (χ4v) is 3.02. The standard InChI is InChI=1S/C12H17N3O3S/c1-19(17,18)15-8-6-14(7-9-15)12-5-3-2-4-11(12)13-10-16/h2-5,10H,6-9H2,1H3,(H,13,16). The van der Waals surface area contributed by atoms with Gasteiger partial charge in [0.05, 0.1) is 17.6 Å². The second kappa shape index (κ2) is 5.58. The van der Waals surface area contributed by atoms with Crippen molar-refractivity contribution in [1.82, 2.24) is 4.31 Å². The zero-order valence-electron chi connectivity index (χ0n) is 10.7. The SMILES string of the molecule is CS(=O)(=O)N1CCN(c2ccccc2NC=O)CC1. The highest BCUT2D eigenvalue weighted by atomic mass is 32.2. The number of para-hydroxylation sites is 2. The molecule has 1 aromatic rings. The second-order valence-electron chi connectivity index (χ2n) is 4.43. The summed E-state index contributed by atoms with van der Waals surface area (Å²) < 4.78 is 24.4. The minimum absolute atomic E-state index is 0.467. The van der Waals surface area contributed by atoms with Crippen LogP contribution in [0.25, 0.3) is 0 Å². The molecule has 1 N–H and O–H groups in total. The Balaban J connectivity index is 2.11. The smallest absolute Gasteiger partial charge is 0.211 e. The Morgan fingerprint density at radius 3 is 2.37 bits per heavy atom. The van der Waals surface area contributed by atoms with Gasteiger partial charge in [0.15, 0.2) is 0 Å². The van der Waals surface area contributed by atoms with Gasteiger partial charge >= 0.3 is 0 Å². The number of hydrogen-bond donors (Lipinski definition) is 1. The van der Waals surface area contributed by atoms with Crippen LogP contribution in [0, 0.1) is 0 Å². The van der Waals surface area contributed by atoms with E-state index in [1.54, 1.807) is 0 Å². The molecule has 0 aliphatic carbocycles. The Hall–Kier alpha value is -1.60. The van der Waals surface area contributed by atoms with Crippen molar-refractivity contribution in [3.05, 3.63) is 24.3 Å². The van der Waals surface area contributed by atoms with Crippen molar-refractivity contribution in [3.63, 3.8) is 0 Å². The van der Waals surface area contributed by atoms with E-state index >= 15 is 0 Å². The number of hydrogen-bond acceptors (Lipinski definition) is 4. The van der Waals surface area contributed by atoms with E-state index in [1.165, 1.54) is 10.6 Å². The third-order valence-corrected chi connectivity index (χ3v) is 4.47. The summed E-state index contributed by atoms with van der Waals surface area (Å²) in [6, 6.07) is 7.49. The lowest BCUT2D eigenvalue weighted by Crippen LogP contribution is -2.48. The quantitative estimate of drug-likeness (QED) is 0.809. The van der Waals surface area contributed by atoms with Crippen molar-refractivity contribution in [3.8, 4) is 0 Å². The number of nitrogens with zero attached hydrogens (tertiary/aromatic N) is 2. The van der Waals surface area contributed by atoms with E-state index in [0.29, 0.717) is 32.6 Å². The molecule has 0 radical (unpaired) electrons. The molecule has 0 saturated carbocycles. The zero-order chi connectivity index (χ0) is 13.9. The molecule has 0 aromatic heterocycles. The summed E-state index contributed by atoms with van der Waals surface area (Å²) in [6.45, 7) is 2.16. The minimum Gasteiger partial charge on any atom is -0.367 e. The molecular formula is C12H17N3O3S. The van der Waals surface area contributed by atoms with E-state index in [-0.39, 0.29) is 0 Å². The molecule has 1 fully saturated rings. The predicted octanol–water partition coefficient (Wildman–Crippen LogP) is 0.336. The van der Waals surface area contributed by atoms with Gasteiger partial charge < -0.3 is 10.2 Å². The van der Waals surface area contributed by atoms with Crippen LogP contribution in [0.5, 0.6) is 0 Å². The topological polar surface area (TPSA) is 69.7 Å². The van der Waals surface area contributed by atoms with Crippen LogP contribution in [0.15, 0.2) is 24.3 Å². The largest absolute Gasteiger partial charge is 0.367 e. The molecule has 0 spiro atoms.